The summed E-state index contributed by atoms with van der Waals surface area (Å²) in [5.41, 5.74) is 1.31. The van der Waals surface area contributed by atoms with Gasteiger partial charge >= 0.3 is 0 Å². The maximum Gasteiger partial charge on any atom is 0.00693 e. The zero-order valence-electron chi connectivity index (χ0n) is 7.00. The number of benzene rings is 1. The molecular formula is C10H13S. The molecule has 1 rings (SSSR count). The van der Waals surface area contributed by atoms with Crippen molar-refractivity contribution in [2.75, 3.05) is 6.26 Å². The van der Waals surface area contributed by atoms with Gasteiger partial charge in [-0.25, -0.2) is 0 Å². The molecule has 11 heavy (non-hydrogen) atoms. The summed E-state index contributed by atoms with van der Waals surface area (Å²) in [7, 11) is 0. The first-order valence-corrected chi connectivity index (χ1v) is 4.93. The molecule has 0 aliphatic carbocycles. The van der Waals surface area contributed by atoms with Gasteiger partial charge in [0.1, 0.15) is 0 Å². The minimum absolute atomic E-state index is 0.394. The van der Waals surface area contributed by atoms with Crippen LogP contribution in [0, 0.1) is 6.92 Å². The van der Waals surface area contributed by atoms with E-state index in [2.05, 4.69) is 44.4 Å². The zero-order chi connectivity index (χ0) is 8.27. The average molecular weight is 165 g/mol. The molecule has 0 amide bonds. The highest BCUT2D eigenvalue weighted by Gasteiger charge is 1.97. The summed E-state index contributed by atoms with van der Waals surface area (Å²) in [6, 6.07) is 8.57. The van der Waals surface area contributed by atoms with E-state index in [0.29, 0.717) is 5.92 Å². The first kappa shape index (κ1) is 8.66. The fourth-order valence-corrected chi connectivity index (χ4v) is 1.34. The Hall–Kier alpha value is -0.430. The fourth-order valence-electron chi connectivity index (χ4n) is 0.932. The van der Waals surface area contributed by atoms with E-state index in [-0.39, 0.29) is 0 Å². The van der Waals surface area contributed by atoms with E-state index in [9.17, 15) is 0 Å². The maximum absolute atomic E-state index is 3.96. The lowest BCUT2D eigenvalue weighted by atomic mass is 10.0. The van der Waals surface area contributed by atoms with Gasteiger partial charge in [-0.15, -0.1) is 11.8 Å². The molecule has 0 N–H and O–H groups in total. The monoisotopic (exact) mass is 165 g/mol. The lowest BCUT2D eigenvalue weighted by molar-refractivity contribution is 0.961. The van der Waals surface area contributed by atoms with Gasteiger partial charge in [0, 0.05) is 4.90 Å². The van der Waals surface area contributed by atoms with Crippen molar-refractivity contribution in [3.05, 3.63) is 36.8 Å². The Morgan fingerprint density at radius 3 is 2.18 bits per heavy atom. The third-order valence-electron chi connectivity index (χ3n) is 1.68. The topological polar surface area (TPSA) is 0 Å². The molecule has 1 aromatic rings. The lowest BCUT2D eigenvalue weighted by Crippen LogP contribution is -1.85. The smallest absolute Gasteiger partial charge is 0.00693 e. The molecule has 0 bridgehead atoms. The van der Waals surface area contributed by atoms with Gasteiger partial charge in [0.05, 0.1) is 0 Å². The Kier molecular flexibility index (Phi) is 3.01. The molecule has 0 heterocycles. The number of hydrogen-bond donors (Lipinski definition) is 0. The van der Waals surface area contributed by atoms with Crippen LogP contribution in [0.4, 0.5) is 0 Å². The molecule has 1 unspecified atom stereocenters. The molecular weight excluding hydrogens is 152 g/mol. The molecule has 0 nitrogen and oxygen atoms in total. The summed E-state index contributed by atoms with van der Waals surface area (Å²) in [6.07, 6.45) is 2.09. The van der Waals surface area contributed by atoms with Crippen LogP contribution in [0.3, 0.4) is 0 Å². The van der Waals surface area contributed by atoms with Gasteiger partial charge in [0.2, 0.25) is 0 Å². The standard InChI is InChI=1S/C10H13S/c1-8(2)9-4-6-10(11-3)7-5-9/h4-8H,1H2,2-3H3. The highest BCUT2D eigenvalue weighted by molar-refractivity contribution is 7.98. The molecule has 0 saturated carbocycles. The molecule has 0 spiro atoms. The average Bonchev–Trinajstić information content (AvgIpc) is 2.05. The Morgan fingerprint density at radius 1 is 1.27 bits per heavy atom. The van der Waals surface area contributed by atoms with Crippen molar-refractivity contribution >= 4 is 11.8 Å². The van der Waals surface area contributed by atoms with Crippen molar-refractivity contribution in [2.24, 2.45) is 0 Å². The second-order valence-electron chi connectivity index (χ2n) is 2.67. The first-order valence-electron chi connectivity index (χ1n) is 3.71. The van der Waals surface area contributed by atoms with Crippen molar-refractivity contribution in [1.29, 1.82) is 0 Å². The Labute approximate surface area is 73.0 Å². The SMILES string of the molecule is [CH2]C(C)c1ccc(SC)cc1. The second-order valence-corrected chi connectivity index (χ2v) is 3.55. The second kappa shape index (κ2) is 3.82. The summed E-state index contributed by atoms with van der Waals surface area (Å²) < 4.78 is 0. The van der Waals surface area contributed by atoms with Crippen molar-refractivity contribution in [2.45, 2.75) is 17.7 Å². The van der Waals surface area contributed by atoms with Gasteiger partial charge in [-0.3, -0.25) is 0 Å². The molecule has 0 aliphatic heterocycles. The van der Waals surface area contributed by atoms with E-state index in [1.807, 2.05) is 0 Å². The van der Waals surface area contributed by atoms with Gasteiger partial charge in [-0.05, 0) is 36.8 Å². The van der Waals surface area contributed by atoms with Crippen molar-refractivity contribution < 1.29 is 0 Å². The van der Waals surface area contributed by atoms with E-state index in [4.69, 9.17) is 0 Å². The number of hydrogen-bond acceptors (Lipinski definition) is 1. The van der Waals surface area contributed by atoms with Crippen LogP contribution >= 0.6 is 11.8 Å². The van der Waals surface area contributed by atoms with Gasteiger partial charge in [0.15, 0.2) is 0 Å². The summed E-state index contributed by atoms with van der Waals surface area (Å²) in [4.78, 5) is 1.31. The van der Waals surface area contributed by atoms with Crippen LogP contribution in [0.2, 0.25) is 0 Å². The first-order chi connectivity index (χ1) is 5.24. The summed E-state index contributed by atoms with van der Waals surface area (Å²) in [5, 5.41) is 0. The highest BCUT2D eigenvalue weighted by Crippen LogP contribution is 2.19. The fraction of sp³-hybridized carbons (Fsp3) is 0.300. The van der Waals surface area contributed by atoms with E-state index >= 15 is 0 Å². The van der Waals surface area contributed by atoms with Gasteiger partial charge in [0.25, 0.3) is 0 Å². The molecule has 0 aromatic heterocycles. The van der Waals surface area contributed by atoms with E-state index < -0.39 is 0 Å². The summed E-state index contributed by atoms with van der Waals surface area (Å²) in [6.45, 7) is 6.06. The summed E-state index contributed by atoms with van der Waals surface area (Å²) in [5.74, 6) is 0.394. The Bertz CT molecular complexity index is 211. The van der Waals surface area contributed by atoms with Crippen molar-refractivity contribution in [3.63, 3.8) is 0 Å². The normalized spacial score (nSPS) is 10.5. The van der Waals surface area contributed by atoms with E-state index in [0.717, 1.165) is 0 Å². The maximum atomic E-state index is 3.96. The zero-order valence-corrected chi connectivity index (χ0v) is 7.82. The van der Waals surface area contributed by atoms with Crippen LogP contribution in [0.25, 0.3) is 0 Å². The minimum Gasteiger partial charge on any atom is -0.130 e. The molecule has 0 fully saturated rings. The Morgan fingerprint density at radius 2 is 1.82 bits per heavy atom. The number of thioether (sulfide) groups is 1. The van der Waals surface area contributed by atoms with Gasteiger partial charge in [-0.2, -0.15) is 0 Å². The van der Waals surface area contributed by atoms with E-state index in [1.54, 1.807) is 11.8 Å². The van der Waals surface area contributed by atoms with Crippen LogP contribution in [0.5, 0.6) is 0 Å². The third-order valence-corrected chi connectivity index (χ3v) is 2.43. The molecule has 59 valence electrons. The van der Waals surface area contributed by atoms with E-state index in [1.165, 1.54) is 10.5 Å². The third kappa shape index (κ3) is 2.26. The van der Waals surface area contributed by atoms with Crippen LogP contribution in [-0.2, 0) is 0 Å². The van der Waals surface area contributed by atoms with Crippen molar-refractivity contribution in [3.8, 4) is 0 Å². The molecule has 1 heteroatoms. The van der Waals surface area contributed by atoms with Crippen LogP contribution in [-0.4, -0.2) is 6.26 Å². The Balaban J connectivity index is 2.83. The van der Waals surface area contributed by atoms with Crippen LogP contribution in [0.1, 0.15) is 18.4 Å². The minimum atomic E-state index is 0.394. The predicted molar refractivity (Wildman–Crippen MR) is 52.0 cm³/mol. The molecule has 0 saturated heterocycles. The number of rotatable bonds is 2. The van der Waals surface area contributed by atoms with Crippen LogP contribution < -0.4 is 0 Å². The molecule has 1 radical (unpaired) electrons. The molecule has 1 atom stereocenters. The largest absolute Gasteiger partial charge is 0.130 e. The van der Waals surface area contributed by atoms with Crippen LogP contribution in [0.15, 0.2) is 29.2 Å². The quantitative estimate of drug-likeness (QED) is 0.606. The predicted octanol–water partition coefficient (Wildman–Crippen LogP) is 3.35. The van der Waals surface area contributed by atoms with Crippen molar-refractivity contribution in [1.82, 2.24) is 0 Å². The lowest BCUT2D eigenvalue weighted by Gasteiger charge is -2.04. The molecule has 1 aromatic carbocycles. The molecule has 0 aliphatic rings. The van der Waals surface area contributed by atoms with Gasteiger partial charge in [-0.1, -0.05) is 19.1 Å². The van der Waals surface area contributed by atoms with Gasteiger partial charge < -0.3 is 0 Å². The summed E-state index contributed by atoms with van der Waals surface area (Å²) >= 11 is 1.77. The highest BCUT2D eigenvalue weighted by atomic mass is 32.2.